The molecule has 1 aliphatic heterocycles. The van der Waals surface area contributed by atoms with E-state index in [-0.39, 0.29) is 23.6 Å². The smallest absolute Gasteiger partial charge is 0.261 e. The Morgan fingerprint density at radius 1 is 0.862 bits per heavy atom. The number of carbonyl (C=O) groups is 2. The second-order valence-electron chi connectivity index (χ2n) is 8.05. The molecular weight excluding hydrogens is 364 g/mol. The van der Waals surface area contributed by atoms with Gasteiger partial charge in [0, 0.05) is 17.6 Å². The van der Waals surface area contributed by atoms with Crippen molar-refractivity contribution in [3.05, 3.63) is 35.5 Å². The molecule has 3 rings (SSSR count). The lowest BCUT2D eigenvalue weighted by Crippen LogP contribution is -2.47. The van der Waals surface area contributed by atoms with Gasteiger partial charge in [0.1, 0.15) is 11.3 Å². The maximum atomic E-state index is 13.3. The summed E-state index contributed by atoms with van der Waals surface area (Å²) in [6.45, 7) is 4.36. The molecule has 1 N–H and O–H groups in total. The third-order valence-corrected chi connectivity index (χ3v) is 5.92. The van der Waals surface area contributed by atoms with Crippen molar-refractivity contribution in [1.29, 1.82) is 0 Å². The molecule has 0 bridgehead atoms. The molecule has 29 heavy (non-hydrogen) atoms. The van der Waals surface area contributed by atoms with E-state index in [1.165, 1.54) is 30.0 Å². The molecule has 5 nitrogen and oxygen atoms in total. The van der Waals surface area contributed by atoms with Crippen LogP contribution in [0.2, 0.25) is 0 Å². The SMILES string of the molecule is CCCCCCC(CCCCCC)N1C(=O)c2ccnc3c(O)ccc(c23)C1=O. The highest BCUT2D eigenvalue weighted by Gasteiger charge is 2.37. The first-order valence-electron chi connectivity index (χ1n) is 11.1. The predicted molar refractivity (Wildman–Crippen MR) is 115 cm³/mol. The maximum absolute atomic E-state index is 13.3. The summed E-state index contributed by atoms with van der Waals surface area (Å²) in [5, 5.41) is 10.6. The summed E-state index contributed by atoms with van der Waals surface area (Å²) in [6.07, 6.45) is 12.2. The van der Waals surface area contributed by atoms with Crippen LogP contribution in [0.4, 0.5) is 0 Å². The number of unbranched alkanes of at least 4 members (excludes halogenated alkanes) is 6. The minimum absolute atomic E-state index is 0.00432. The zero-order valence-electron chi connectivity index (χ0n) is 17.6. The first kappa shape index (κ1) is 21.3. The number of amides is 2. The van der Waals surface area contributed by atoms with Crippen LogP contribution in [-0.4, -0.2) is 32.8 Å². The molecule has 0 fully saturated rings. The quantitative estimate of drug-likeness (QED) is 0.382. The van der Waals surface area contributed by atoms with Gasteiger partial charge in [-0.3, -0.25) is 19.5 Å². The van der Waals surface area contributed by atoms with Gasteiger partial charge in [0.2, 0.25) is 0 Å². The van der Waals surface area contributed by atoms with Gasteiger partial charge < -0.3 is 5.11 Å². The van der Waals surface area contributed by atoms with Crippen LogP contribution in [0.1, 0.15) is 98.8 Å². The number of phenols is 1. The lowest BCUT2D eigenvalue weighted by Gasteiger charge is -2.34. The third kappa shape index (κ3) is 4.44. The molecule has 0 spiro atoms. The van der Waals surface area contributed by atoms with Crippen LogP contribution in [0.5, 0.6) is 5.75 Å². The largest absolute Gasteiger partial charge is 0.506 e. The molecule has 5 heteroatoms. The second kappa shape index (κ2) is 9.86. The van der Waals surface area contributed by atoms with E-state index in [4.69, 9.17) is 0 Å². The van der Waals surface area contributed by atoms with Crippen LogP contribution in [0.3, 0.4) is 0 Å². The third-order valence-electron chi connectivity index (χ3n) is 5.92. The van der Waals surface area contributed by atoms with Crippen LogP contribution in [0.25, 0.3) is 10.9 Å². The Balaban J connectivity index is 1.90. The van der Waals surface area contributed by atoms with Gasteiger partial charge in [-0.1, -0.05) is 65.2 Å². The average Bonchev–Trinajstić information content (AvgIpc) is 2.73. The molecule has 2 aromatic rings. The Morgan fingerprint density at radius 3 is 2.03 bits per heavy atom. The fourth-order valence-electron chi connectivity index (χ4n) is 4.31. The molecule has 1 aromatic carbocycles. The average molecular weight is 397 g/mol. The first-order chi connectivity index (χ1) is 14.1. The zero-order valence-corrected chi connectivity index (χ0v) is 17.6. The van der Waals surface area contributed by atoms with Gasteiger partial charge in [0.05, 0.1) is 11.1 Å². The van der Waals surface area contributed by atoms with E-state index in [9.17, 15) is 14.7 Å². The Labute approximate surface area is 173 Å². The highest BCUT2D eigenvalue weighted by molar-refractivity contribution is 6.25. The zero-order chi connectivity index (χ0) is 20.8. The molecule has 0 aliphatic carbocycles. The number of aromatic hydroxyl groups is 1. The van der Waals surface area contributed by atoms with Gasteiger partial charge in [-0.25, -0.2) is 0 Å². The van der Waals surface area contributed by atoms with Crippen LogP contribution in [0, 0.1) is 0 Å². The summed E-state index contributed by atoms with van der Waals surface area (Å²) in [6, 6.07) is 4.71. The summed E-state index contributed by atoms with van der Waals surface area (Å²) in [5.74, 6) is -0.511. The molecule has 0 atom stereocenters. The number of phenolic OH excluding ortho intramolecular Hbond substituents is 1. The Bertz CT molecular complexity index is 844. The molecule has 0 unspecified atom stereocenters. The number of nitrogens with zero attached hydrogens (tertiary/aromatic N) is 2. The minimum atomic E-state index is -0.253. The number of pyridine rings is 1. The number of benzene rings is 1. The molecule has 0 saturated carbocycles. The summed E-state index contributed by atoms with van der Waals surface area (Å²) in [5.41, 5.74) is 1.25. The van der Waals surface area contributed by atoms with Gasteiger partial charge in [0.15, 0.2) is 0 Å². The number of carbonyl (C=O) groups excluding carboxylic acids is 2. The maximum Gasteiger partial charge on any atom is 0.261 e. The van der Waals surface area contributed by atoms with Crippen molar-refractivity contribution in [2.24, 2.45) is 0 Å². The van der Waals surface area contributed by atoms with Crippen molar-refractivity contribution in [1.82, 2.24) is 9.88 Å². The number of rotatable bonds is 11. The predicted octanol–water partition coefficient (Wildman–Crippen LogP) is 5.85. The van der Waals surface area contributed by atoms with E-state index in [0.29, 0.717) is 22.0 Å². The topological polar surface area (TPSA) is 70.5 Å². The van der Waals surface area contributed by atoms with Gasteiger partial charge in [-0.2, -0.15) is 0 Å². The van der Waals surface area contributed by atoms with Crippen molar-refractivity contribution >= 4 is 22.7 Å². The van der Waals surface area contributed by atoms with E-state index >= 15 is 0 Å². The van der Waals surface area contributed by atoms with E-state index in [1.807, 2.05) is 0 Å². The normalized spacial score (nSPS) is 13.7. The van der Waals surface area contributed by atoms with Gasteiger partial charge in [-0.15, -0.1) is 0 Å². The van der Waals surface area contributed by atoms with E-state index in [2.05, 4.69) is 18.8 Å². The van der Waals surface area contributed by atoms with Gasteiger partial charge >= 0.3 is 0 Å². The number of aromatic nitrogens is 1. The van der Waals surface area contributed by atoms with E-state index < -0.39 is 0 Å². The summed E-state index contributed by atoms with van der Waals surface area (Å²) < 4.78 is 0. The number of hydrogen-bond acceptors (Lipinski definition) is 4. The molecule has 1 aliphatic rings. The molecule has 2 heterocycles. The highest BCUT2D eigenvalue weighted by Crippen LogP contribution is 2.35. The fraction of sp³-hybridized carbons (Fsp3) is 0.542. The fourth-order valence-corrected chi connectivity index (χ4v) is 4.31. The molecule has 156 valence electrons. The van der Waals surface area contributed by atoms with Crippen molar-refractivity contribution in [3.63, 3.8) is 0 Å². The van der Waals surface area contributed by atoms with Crippen molar-refractivity contribution in [2.75, 3.05) is 0 Å². The summed E-state index contributed by atoms with van der Waals surface area (Å²) >= 11 is 0. The van der Waals surface area contributed by atoms with Gasteiger partial charge in [-0.05, 0) is 31.0 Å². The Hall–Kier alpha value is -2.43. The van der Waals surface area contributed by atoms with E-state index in [1.54, 1.807) is 12.1 Å². The monoisotopic (exact) mass is 396 g/mol. The molecular formula is C24H32N2O3. The first-order valence-corrected chi connectivity index (χ1v) is 11.1. The van der Waals surface area contributed by atoms with Crippen molar-refractivity contribution < 1.29 is 14.7 Å². The number of imide groups is 1. The number of hydrogen-bond donors (Lipinski definition) is 1. The lowest BCUT2D eigenvalue weighted by molar-refractivity contribution is 0.0517. The summed E-state index contributed by atoms with van der Waals surface area (Å²) in [4.78, 5) is 32.4. The Morgan fingerprint density at radius 2 is 1.45 bits per heavy atom. The van der Waals surface area contributed by atoms with Gasteiger partial charge in [0.25, 0.3) is 11.8 Å². The van der Waals surface area contributed by atoms with Crippen LogP contribution in [0.15, 0.2) is 24.4 Å². The highest BCUT2D eigenvalue weighted by atomic mass is 16.3. The van der Waals surface area contributed by atoms with Crippen molar-refractivity contribution in [3.8, 4) is 5.75 Å². The van der Waals surface area contributed by atoms with Crippen LogP contribution >= 0.6 is 0 Å². The molecule has 2 amide bonds. The van der Waals surface area contributed by atoms with Crippen molar-refractivity contribution in [2.45, 2.75) is 84.1 Å². The minimum Gasteiger partial charge on any atom is -0.506 e. The lowest BCUT2D eigenvalue weighted by atomic mass is 9.92. The second-order valence-corrected chi connectivity index (χ2v) is 8.05. The van der Waals surface area contributed by atoms with E-state index in [0.717, 1.165) is 51.4 Å². The summed E-state index contributed by atoms with van der Waals surface area (Å²) in [7, 11) is 0. The standard InChI is InChI=1S/C24H32N2O3/c1-3-5-7-9-11-17(12-10-8-6-4-2)26-23(28)18-13-14-20(27)22-21(18)19(24(26)29)15-16-25-22/h13-17,27H,3-12H2,1-2H3. The Kier molecular flexibility index (Phi) is 7.24. The van der Waals surface area contributed by atoms with Crippen LogP contribution < -0.4 is 0 Å². The molecule has 1 aromatic heterocycles. The molecule has 0 radical (unpaired) electrons. The molecule has 0 saturated heterocycles. The van der Waals surface area contributed by atoms with Crippen LogP contribution in [-0.2, 0) is 0 Å².